The molecule has 0 aliphatic carbocycles. The minimum atomic E-state index is -0.486. The van der Waals surface area contributed by atoms with Crippen molar-refractivity contribution in [1.29, 1.82) is 0 Å². The molecule has 2 amide bonds. The van der Waals surface area contributed by atoms with Gasteiger partial charge in [-0.15, -0.1) is 0 Å². The lowest BCUT2D eigenvalue weighted by molar-refractivity contribution is -0.127. The first-order chi connectivity index (χ1) is 10.8. The summed E-state index contributed by atoms with van der Waals surface area (Å²) in [5, 5.41) is 1.45. The Morgan fingerprint density at radius 3 is 2.39 bits per heavy atom. The molecule has 0 radical (unpaired) electrons. The lowest BCUT2D eigenvalue weighted by Crippen LogP contribution is -2.55. The molecule has 1 aromatic carbocycles. The van der Waals surface area contributed by atoms with E-state index in [0.717, 1.165) is 31.2 Å². The van der Waals surface area contributed by atoms with E-state index in [2.05, 4.69) is 12.3 Å². The van der Waals surface area contributed by atoms with E-state index in [1.165, 1.54) is 5.01 Å². The van der Waals surface area contributed by atoms with Crippen molar-refractivity contribution < 1.29 is 9.59 Å². The zero-order valence-corrected chi connectivity index (χ0v) is 15.1. The van der Waals surface area contributed by atoms with Gasteiger partial charge in [0.15, 0.2) is 0 Å². The van der Waals surface area contributed by atoms with Crippen molar-refractivity contribution in [3.8, 4) is 0 Å². The van der Waals surface area contributed by atoms with Crippen molar-refractivity contribution >= 4 is 11.8 Å². The van der Waals surface area contributed by atoms with Crippen LogP contribution in [0.25, 0.3) is 0 Å². The van der Waals surface area contributed by atoms with Crippen LogP contribution in [0.3, 0.4) is 0 Å². The van der Waals surface area contributed by atoms with Crippen molar-refractivity contribution in [1.82, 2.24) is 10.4 Å². The summed E-state index contributed by atoms with van der Waals surface area (Å²) in [4.78, 5) is 24.9. The number of hydrogen-bond donors (Lipinski definition) is 1. The van der Waals surface area contributed by atoms with Gasteiger partial charge in [-0.25, -0.2) is 5.01 Å². The Morgan fingerprint density at radius 1 is 1.13 bits per heavy atom. The van der Waals surface area contributed by atoms with Crippen LogP contribution in [0.15, 0.2) is 24.3 Å². The molecular formula is C19H30N2O2. The number of rotatable bonds is 6. The zero-order chi connectivity index (χ0) is 17.5. The predicted molar refractivity (Wildman–Crippen MR) is 94.0 cm³/mol. The third-order valence-corrected chi connectivity index (χ3v) is 3.63. The first-order valence-electron chi connectivity index (χ1n) is 8.46. The number of aryl methyl sites for hydroxylation is 1. The fraction of sp³-hybridized carbons (Fsp3) is 0.579. The summed E-state index contributed by atoms with van der Waals surface area (Å²) in [6.07, 6.45) is 4.63. The van der Waals surface area contributed by atoms with Gasteiger partial charge in [-0.2, -0.15) is 0 Å². The minimum absolute atomic E-state index is 0.1000. The maximum atomic E-state index is 12.8. The molecule has 0 aliphatic heterocycles. The molecule has 1 N–H and O–H groups in total. The molecule has 4 nitrogen and oxygen atoms in total. The highest BCUT2D eigenvalue weighted by atomic mass is 16.2. The Labute approximate surface area is 140 Å². The topological polar surface area (TPSA) is 49.4 Å². The summed E-state index contributed by atoms with van der Waals surface area (Å²) in [5.41, 5.74) is 3.92. The number of hydrogen-bond acceptors (Lipinski definition) is 2. The van der Waals surface area contributed by atoms with Gasteiger partial charge in [0.05, 0.1) is 5.54 Å². The van der Waals surface area contributed by atoms with Gasteiger partial charge in [0.1, 0.15) is 0 Å². The zero-order valence-electron chi connectivity index (χ0n) is 15.1. The normalized spacial score (nSPS) is 11.2. The third kappa shape index (κ3) is 6.43. The standard InChI is InChI=1S/C19H30N2O2/c1-6-7-8-9-13-17(22)20-21(19(3,4)5)18(23)16-12-10-11-15(2)14-16/h10-12,14H,6-9,13H2,1-5H3,(H,20,22). The van der Waals surface area contributed by atoms with Gasteiger partial charge < -0.3 is 0 Å². The molecule has 0 atom stereocenters. The Bertz CT molecular complexity index is 532. The number of carbonyl (C=O) groups excluding carboxylic acids is 2. The minimum Gasteiger partial charge on any atom is -0.273 e. The van der Waals surface area contributed by atoms with Crippen molar-refractivity contribution in [2.75, 3.05) is 0 Å². The maximum Gasteiger partial charge on any atom is 0.272 e. The van der Waals surface area contributed by atoms with Gasteiger partial charge in [-0.1, -0.05) is 43.9 Å². The molecule has 4 heteroatoms. The lowest BCUT2D eigenvalue weighted by atomic mass is 10.1. The summed E-state index contributed by atoms with van der Waals surface area (Å²) in [7, 11) is 0. The molecule has 0 bridgehead atoms. The van der Waals surface area contributed by atoms with Crippen LogP contribution in [0, 0.1) is 6.92 Å². The third-order valence-electron chi connectivity index (χ3n) is 3.63. The average Bonchev–Trinajstić information content (AvgIpc) is 2.47. The quantitative estimate of drug-likeness (QED) is 0.630. The smallest absolute Gasteiger partial charge is 0.272 e. The van der Waals surface area contributed by atoms with Crippen LogP contribution < -0.4 is 5.43 Å². The maximum absolute atomic E-state index is 12.8. The van der Waals surface area contributed by atoms with Crippen molar-refractivity contribution in [2.45, 2.75) is 72.3 Å². The fourth-order valence-electron chi connectivity index (χ4n) is 2.32. The summed E-state index contributed by atoms with van der Waals surface area (Å²) in [6.45, 7) is 9.83. The molecule has 23 heavy (non-hydrogen) atoms. The Morgan fingerprint density at radius 2 is 1.83 bits per heavy atom. The van der Waals surface area contributed by atoms with Gasteiger partial charge in [0, 0.05) is 12.0 Å². The molecule has 0 saturated heterocycles. The summed E-state index contributed by atoms with van der Waals surface area (Å²) in [6, 6.07) is 7.43. The van der Waals surface area contributed by atoms with Crippen LogP contribution in [0.4, 0.5) is 0 Å². The largest absolute Gasteiger partial charge is 0.273 e. The Balaban J connectivity index is 2.77. The van der Waals surface area contributed by atoms with E-state index in [1.807, 2.05) is 45.9 Å². The van der Waals surface area contributed by atoms with Gasteiger partial charge in [-0.3, -0.25) is 15.0 Å². The van der Waals surface area contributed by atoms with E-state index < -0.39 is 5.54 Å². The monoisotopic (exact) mass is 318 g/mol. The first kappa shape index (κ1) is 19.2. The summed E-state index contributed by atoms with van der Waals surface area (Å²) >= 11 is 0. The van der Waals surface area contributed by atoms with Crippen molar-refractivity contribution in [2.24, 2.45) is 0 Å². The lowest BCUT2D eigenvalue weighted by Gasteiger charge is -2.35. The molecule has 1 rings (SSSR count). The van der Waals surface area contributed by atoms with Crippen LogP contribution in [-0.4, -0.2) is 22.4 Å². The number of nitrogens with one attached hydrogen (secondary N) is 1. The second-order valence-corrected chi connectivity index (χ2v) is 7.03. The molecule has 0 saturated carbocycles. The number of amides is 2. The van der Waals surface area contributed by atoms with Crippen LogP contribution >= 0.6 is 0 Å². The Kier molecular flexibility index (Phi) is 7.27. The molecule has 0 aromatic heterocycles. The summed E-state index contributed by atoms with van der Waals surface area (Å²) < 4.78 is 0. The SMILES string of the molecule is CCCCCCC(=O)NN(C(=O)c1cccc(C)c1)C(C)(C)C. The van der Waals surface area contributed by atoms with Crippen LogP contribution in [-0.2, 0) is 4.79 Å². The number of unbranched alkanes of at least 4 members (excludes halogenated alkanes) is 3. The van der Waals surface area contributed by atoms with E-state index >= 15 is 0 Å². The van der Waals surface area contributed by atoms with E-state index in [9.17, 15) is 9.59 Å². The van der Waals surface area contributed by atoms with E-state index in [-0.39, 0.29) is 11.8 Å². The number of hydrazine groups is 1. The Hall–Kier alpha value is -1.84. The molecular weight excluding hydrogens is 288 g/mol. The first-order valence-corrected chi connectivity index (χ1v) is 8.46. The molecule has 0 aliphatic rings. The van der Waals surface area contributed by atoms with Gasteiger partial charge in [0.2, 0.25) is 5.91 Å². The second-order valence-electron chi connectivity index (χ2n) is 7.03. The predicted octanol–water partition coefficient (Wildman–Crippen LogP) is 4.24. The molecule has 0 heterocycles. The van der Waals surface area contributed by atoms with Gasteiger partial charge >= 0.3 is 0 Å². The van der Waals surface area contributed by atoms with Gasteiger partial charge in [-0.05, 0) is 46.2 Å². The number of carbonyl (C=O) groups is 2. The highest BCUT2D eigenvalue weighted by Gasteiger charge is 2.29. The van der Waals surface area contributed by atoms with Crippen molar-refractivity contribution in [3.05, 3.63) is 35.4 Å². The number of nitrogens with zero attached hydrogens (tertiary/aromatic N) is 1. The highest BCUT2D eigenvalue weighted by Crippen LogP contribution is 2.16. The van der Waals surface area contributed by atoms with E-state index in [0.29, 0.717) is 12.0 Å². The number of benzene rings is 1. The molecule has 0 unspecified atom stereocenters. The molecule has 1 aromatic rings. The van der Waals surface area contributed by atoms with E-state index in [1.54, 1.807) is 6.07 Å². The van der Waals surface area contributed by atoms with Gasteiger partial charge in [0.25, 0.3) is 5.91 Å². The van der Waals surface area contributed by atoms with Crippen molar-refractivity contribution in [3.63, 3.8) is 0 Å². The van der Waals surface area contributed by atoms with Crippen LogP contribution in [0.5, 0.6) is 0 Å². The van der Waals surface area contributed by atoms with Crippen LogP contribution in [0.2, 0.25) is 0 Å². The second kappa shape index (κ2) is 8.70. The fourth-order valence-corrected chi connectivity index (χ4v) is 2.32. The summed E-state index contributed by atoms with van der Waals surface area (Å²) in [5.74, 6) is -0.278. The van der Waals surface area contributed by atoms with E-state index in [4.69, 9.17) is 0 Å². The van der Waals surface area contributed by atoms with Crippen LogP contribution in [0.1, 0.15) is 75.7 Å². The average molecular weight is 318 g/mol. The molecule has 128 valence electrons. The molecule has 0 spiro atoms. The highest BCUT2D eigenvalue weighted by molar-refractivity contribution is 5.96. The molecule has 0 fully saturated rings.